The number of fused-ring (bicyclic) bond motifs is 2. The van der Waals surface area contributed by atoms with Gasteiger partial charge in [-0.25, -0.2) is 0 Å². The average molecular weight is 292 g/mol. The molecule has 2 rings (SSSR count). The van der Waals surface area contributed by atoms with Crippen molar-refractivity contribution in [3.8, 4) is 0 Å². The van der Waals surface area contributed by atoms with E-state index in [1.54, 1.807) is 4.67 Å². The number of piperidine rings is 1. The summed E-state index contributed by atoms with van der Waals surface area (Å²) in [7, 11) is -3.77. The van der Waals surface area contributed by atoms with Crippen LogP contribution in [0.4, 0.5) is 0 Å². The minimum atomic E-state index is -3.77. The van der Waals surface area contributed by atoms with E-state index in [1.807, 2.05) is 27.7 Å². The van der Waals surface area contributed by atoms with Crippen molar-refractivity contribution >= 4 is 8.09 Å². The van der Waals surface area contributed by atoms with Crippen LogP contribution in [0.2, 0.25) is 0 Å². The maximum atomic E-state index is 10.4. The van der Waals surface area contributed by atoms with Gasteiger partial charge in [-0.1, -0.05) is 0 Å². The van der Waals surface area contributed by atoms with E-state index in [4.69, 9.17) is 4.52 Å². The monoisotopic (exact) mass is 292 g/mol. The van der Waals surface area contributed by atoms with E-state index in [0.717, 1.165) is 12.8 Å². The predicted molar refractivity (Wildman–Crippen MR) is 78.9 cm³/mol. The van der Waals surface area contributed by atoms with Gasteiger partial charge in [0, 0.05) is 0 Å². The summed E-state index contributed by atoms with van der Waals surface area (Å²) in [4.78, 5) is 20.9. The first-order valence-electron chi connectivity index (χ1n) is 7.46. The summed E-state index contributed by atoms with van der Waals surface area (Å²) < 4.78 is 7.51. The van der Waals surface area contributed by atoms with Crippen LogP contribution in [0.25, 0.3) is 0 Å². The van der Waals surface area contributed by atoms with Gasteiger partial charge in [0.15, 0.2) is 0 Å². The number of nitrogens with one attached hydrogen (secondary N) is 1. The SMILES string of the molecule is CC(C)N(C(C)C)[PH](O)(O)OC1CC2CCC(C1)N2. The quantitative estimate of drug-likeness (QED) is 0.674. The molecule has 2 saturated heterocycles. The van der Waals surface area contributed by atoms with Crippen molar-refractivity contribution in [1.29, 1.82) is 0 Å². The van der Waals surface area contributed by atoms with Crippen molar-refractivity contribution in [2.45, 2.75) is 83.6 Å². The molecule has 2 bridgehead atoms. The minimum absolute atomic E-state index is 0.0135. The molecule has 0 aromatic heterocycles. The summed E-state index contributed by atoms with van der Waals surface area (Å²) in [5.74, 6) is 0. The summed E-state index contributed by atoms with van der Waals surface area (Å²) in [6.45, 7) is 7.90. The summed E-state index contributed by atoms with van der Waals surface area (Å²) in [5, 5.41) is 3.54. The number of hydrogen-bond donors (Lipinski definition) is 3. The van der Waals surface area contributed by atoms with Crippen molar-refractivity contribution in [2.75, 3.05) is 0 Å². The summed E-state index contributed by atoms with van der Waals surface area (Å²) in [5.41, 5.74) is 0. The Morgan fingerprint density at radius 2 is 1.53 bits per heavy atom. The molecule has 2 unspecified atom stereocenters. The third-order valence-corrected chi connectivity index (χ3v) is 6.56. The zero-order valence-electron chi connectivity index (χ0n) is 12.5. The van der Waals surface area contributed by atoms with Gasteiger partial charge >= 0.3 is 116 Å². The molecule has 19 heavy (non-hydrogen) atoms. The van der Waals surface area contributed by atoms with Gasteiger partial charge in [0.1, 0.15) is 0 Å². The van der Waals surface area contributed by atoms with Gasteiger partial charge in [-0.3, -0.25) is 0 Å². The summed E-state index contributed by atoms with van der Waals surface area (Å²) in [6.07, 6.45) is 4.16. The second-order valence-electron chi connectivity index (χ2n) is 6.52. The molecule has 2 aliphatic rings. The average Bonchev–Trinajstić information content (AvgIpc) is 2.55. The van der Waals surface area contributed by atoms with Crippen LogP contribution in [-0.4, -0.2) is 44.7 Å². The van der Waals surface area contributed by atoms with Gasteiger partial charge in [-0.05, 0) is 0 Å². The van der Waals surface area contributed by atoms with Crippen LogP contribution in [-0.2, 0) is 4.52 Å². The van der Waals surface area contributed by atoms with Crippen LogP contribution in [0.1, 0.15) is 53.4 Å². The zero-order chi connectivity index (χ0) is 14.2. The third-order valence-electron chi connectivity index (χ3n) is 4.20. The number of nitrogens with zero attached hydrogens (tertiary/aromatic N) is 1. The molecule has 0 aromatic rings. The Balaban J connectivity index is 1.99. The van der Waals surface area contributed by atoms with E-state index in [0.29, 0.717) is 12.1 Å². The fraction of sp³-hybridized carbons (Fsp3) is 1.00. The van der Waals surface area contributed by atoms with E-state index in [9.17, 15) is 9.79 Å². The molecule has 0 amide bonds. The van der Waals surface area contributed by atoms with Gasteiger partial charge in [0.2, 0.25) is 0 Å². The Labute approximate surface area is 117 Å². The molecule has 2 heterocycles. The first kappa shape index (κ1) is 15.6. The second-order valence-corrected chi connectivity index (χ2v) is 8.42. The van der Waals surface area contributed by atoms with E-state index in [-0.39, 0.29) is 18.2 Å². The Kier molecular flexibility index (Phi) is 4.87. The Morgan fingerprint density at radius 3 is 1.95 bits per heavy atom. The van der Waals surface area contributed by atoms with Gasteiger partial charge in [0.05, 0.1) is 0 Å². The Bertz CT molecular complexity index is 292. The molecule has 3 N–H and O–H groups in total. The molecular formula is C13H29N2O3P. The van der Waals surface area contributed by atoms with Crippen molar-refractivity contribution in [3.05, 3.63) is 0 Å². The molecule has 2 fully saturated rings. The van der Waals surface area contributed by atoms with Crippen LogP contribution in [0.15, 0.2) is 0 Å². The number of rotatable bonds is 5. The molecule has 2 aliphatic heterocycles. The van der Waals surface area contributed by atoms with Crippen LogP contribution in [0.3, 0.4) is 0 Å². The molecule has 0 radical (unpaired) electrons. The van der Waals surface area contributed by atoms with E-state index in [1.165, 1.54) is 12.8 Å². The van der Waals surface area contributed by atoms with Gasteiger partial charge < -0.3 is 0 Å². The maximum absolute atomic E-state index is 10.4. The van der Waals surface area contributed by atoms with Crippen molar-refractivity contribution < 1.29 is 14.3 Å². The summed E-state index contributed by atoms with van der Waals surface area (Å²) in [6, 6.07) is 1.14. The molecule has 5 nitrogen and oxygen atoms in total. The fourth-order valence-electron chi connectivity index (χ4n) is 3.65. The molecule has 0 saturated carbocycles. The molecular weight excluding hydrogens is 263 g/mol. The molecule has 0 spiro atoms. The first-order chi connectivity index (χ1) is 8.79. The number of hydrogen-bond acceptors (Lipinski definition) is 5. The van der Waals surface area contributed by atoms with E-state index in [2.05, 4.69) is 5.32 Å². The van der Waals surface area contributed by atoms with E-state index < -0.39 is 8.09 Å². The van der Waals surface area contributed by atoms with Crippen LogP contribution >= 0.6 is 8.09 Å². The third kappa shape index (κ3) is 3.66. The first-order valence-corrected chi connectivity index (χ1v) is 9.21. The standard InChI is InChI=1S/C13H29N2O3P/c1-9(2)15(10(3)4)19(16,17)18-13-7-11-5-6-12(8-13)14-11/h9-14,16-17,19H,5-8H2,1-4H3. The van der Waals surface area contributed by atoms with Crippen LogP contribution in [0.5, 0.6) is 0 Å². The normalized spacial score (nSPS) is 32.6. The molecule has 114 valence electrons. The molecule has 0 aromatic carbocycles. The van der Waals surface area contributed by atoms with Gasteiger partial charge in [-0.15, -0.1) is 0 Å². The van der Waals surface area contributed by atoms with Crippen molar-refractivity contribution in [2.24, 2.45) is 0 Å². The molecule has 0 aliphatic carbocycles. The van der Waals surface area contributed by atoms with Gasteiger partial charge in [-0.2, -0.15) is 0 Å². The van der Waals surface area contributed by atoms with E-state index >= 15 is 0 Å². The Morgan fingerprint density at radius 1 is 1.05 bits per heavy atom. The van der Waals surface area contributed by atoms with Crippen LogP contribution in [0, 0.1) is 0 Å². The second kappa shape index (κ2) is 5.92. The van der Waals surface area contributed by atoms with Crippen molar-refractivity contribution in [3.63, 3.8) is 0 Å². The summed E-state index contributed by atoms with van der Waals surface area (Å²) >= 11 is 0. The molecule has 6 heteroatoms. The Hall–Kier alpha value is 0.230. The zero-order valence-corrected chi connectivity index (χ0v) is 13.5. The topological polar surface area (TPSA) is 65.0 Å². The van der Waals surface area contributed by atoms with Gasteiger partial charge in [0.25, 0.3) is 0 Å². The molecule has 2 atom stereocenters. The van der Waals surface area contributed by atoms with Crippen molar-refractivity contribution in [1.82, 2.24) is 9.99 Å². The van der Waals surface area contributed by atoms with Crippen LogP contribution < -0.4 is 5.32 Å². The predicted octanol–water partition coefficient (Wildman–Crippen LogP) is 1.80. The fourth-order valence-corrected chi connectivity index (χ4v) is 5.76.